The van der Waals surface area contributed by atoms with Gasteiger partial charge in [-0.05, 0) is 24.3 Å². The minimum Gasteiger partial charge on any atom is -0.486 e. The number of rotatable bonds is 7. The topological polar surface area (TPSA) is 126 Å². The van der Waals surface area contributed by atoms with Gasteiger partial charge >= 0.3 is 0 Å². The summed E-state index contributed by atoms with van der Waals surface area (Å²) in [6.45, 7) is 1.93. The molecule has 106 valence electrons. The van der Waals surface area contributed by atoms with Crippen LogP contribution < -0.4 is 19.9 Å². The van der Waals surface area contributed by atoms with Crippen molar-refractivity contribution < 1.29 is 18.4 Å². The molecule has 0 fully saturated rings. The van der Waals surface area contributed by atoms with Crippen LogP contribution >= 0.6 is 0 Å². The molecular weight excluding hydrogens is 272 g/mol. The second-order valence-corrected chi connectivity index (χ2v) is 5.01. The summed E-state index contributed by atoms with van der Waals surface area (Å²) in [4.78, 5) is 0. The van der Waals surface area contributed by atoms with E-state index < -0.39 is 10.2 Å². The fourth-order valence-electron chi connectivity index (χ4n) is 1.19. The highest BCUT2D eigenvalue weighted by atomic mass is 32.2. The van der Waals surface area contributed by atoms with Crippen LogP contribution in [0.5, 0.6) is 5.75 Å². The van der Waals surface area contributed by atoms with Crippen LogP contribution in [0.3, 0.4) is 0 Å². The monoisotopic (exact) mass is 288 g/mol. The van der Waals surface area contributed by atoms with Gasteiger partial charge < -0.3 is 15.7 Å². The summed E-state index contributed by atoms with van der Waals surface area (Å²) >= 11 is 0. The van der Waals surface area contributed by atoms with Gasteiger partial charge in [0.05, 0.1) is 0 Å². The highest BCUT2D eigenvalue weighted by Crippen LogP contribution is 2.16. The Hall–Kier alpha value is -2.00. The average molecular weight is 288 g/mol. The molecule has 0 saturated heterocycles. The van der Waals surface area contributed by atoms with Crippen LogP contribution in [0.2, 0.25) is 0 Å². The van der Waals surface area contributed by atoms with Crippen molar-refractivity contribution in [3.63, 3.8) is 0 Å². The molecule has 19 heavy (non-hydrogen) atoms. The van der Waals surface area contributed by atoms with E-state index in [0.29, 0.717) is 18.0 Å². The fraction of sp³-hybridized carbons (Fsp3) is 0.300. The Morgan fingerprint density at radius 1 is 1.42 bits per heavy atom. The Kier molecular flexibility index (Phi) is 5.39. The van der Waals surface area contributed by atoms with E-state index in [1.165, 1.54) is 12.1 Å². The summed E-state index contributed by atoms with van der Waals surface area (Å²) in [6.07, 6.45) is 0. The molecule has 0 aliphatic rings. The number of ether oxygens (including phenoxy) is 1. The van der Waals surface area contributed by atoms with Crippen molar-refractivity contribution in [3.8, 4) is 5.75 Å². The largest absolute Gasteiger partial charge is 0.486 e. The fourth-order valence-corrected chi connectivity index (χ4v) is 2.09. The van der Waals surface area contributed by atoms with E-state index in [-0.39, 0.29) is 12.4 Å². The molecule has 1 aromatic carbocycles. The third-order valence-electron chi connectivity index (χ3n) is 1.96. The van der Waals surface area contributed by atoms with Gasteiger partial charge in [0.15, 0.2) is 5.84 Å². The van der Waals surface area contributed by atoms with Crippen molar-refractivity contribution in [1.29, 1.82) is 0 Å². The lowest BCUT2D eigenvalue weighted by Gasteiger charge is -2.09. The lowest BCUT2D eigenvalue weighted by atomic mass is 10.3. The maximum Gasteiger partial charge on any atom is 0.299 e. The van der Waals surface area contributed by atoms with Gasteiger partial charge in [-0.25, -0.2) is 0 Å². The van der Waals surface area contributed by atoms with Crippen LogP contribution in [0, 0.1) is 0 Å². The van der Waals surface area contributed by atoms with Crippen molar-refractivity contribution >= 4 is 21.7 Å². The summed E-state index contributed by atoms with van der Waals surface area (Å²) < 4.78 is 32.7. The highest BCUT2D eigenvalue weighted by Gasteiger charge is 2.07. The number of anilines is 1. The van der Waals surface area contributed by atoms with Gasteiger partial charge in [-0.15, -0.1) is 0 Å². The second kappa shape index (κ2) is 6.81. The van der Waals surface area contributed by atoms with Crippen LogP contribution in [0.15, 0.2) is 29.4 Å². The lowest BCUT2D eigenvalue weighted by molar-refractivity contribution is 0.306. The lowest BCUT2D eigenvalue weighted by Crippen LogP contribution is -2.29. The predicted octanol–water partition coefficient (Wildman–Crippen LogP) is 0.0780. The number of hydrogen-bond donors (Lipinski definition) is 4. The zero-order valence-corrected chi connectivity index (χ0v) is 11.1. The van der Waals surface area contributed by atoms with Gasteiger partial charge in [-0.1, -0.05) is 12.1 Å². The standard InChI is InChI=1S/C10H16N4O4S/c1-2-12-19(16,17)14-8-3-5-9(6-4-8)18-7-10(11)13-15/h3-6,12,14-15H,2,7H2,1H3,(H2,11,13). The zero-order chi connectivity index (χ0) is 14.3. The minimum absolute atomic E-state index is 0.0566. The quantitative estimate of drug-likeness (QED) is 0.244. The van der Waals surface area contributed by atoms with Crippen molar-refractivity contribution in [2.45, 2.75) is 6.92 Å². The molecule has 9 heteroatoms. The molecule has 0 aliphatic heterocycles. The van der Waals surface area contributed by atoms with Crippen molar-refractivity contribution in [1.82, 2.24) is 4.72 Å². The normalized spacial score (nSPS) is 12.2. The van der Waals surface area contributed by atoms with Crippen LogP contribution in [-0.2, 0) is 10.2 Å². The number of benzene rings is 1. The average Bonchev–Trinajstić information content (AvgIpc) is 2.37. The first-order chi connectivity index (χ1) is 8.96. The van der Waals surface area contributed by atoms with E-state index in [1.807, 2.05) is 0 Å². The minimum atomic E-state index is -3.54. The number of nitrogens with zero attached hydrogens (tertiary/aromatic N) is 1. The SMILES string of the molecule is CCNS(=O)(=O)Nc1ccc(OC/C(N)=N/O)cc1. The summed E-state index contributed by atoms with van der Waals surface area (Å²) in [6, 6.07) is 6.20. The number of hydrogen-bond acceptors (Lipinski definition) is 5. The van der Waals surface area contributed by atoms with E-state index in [1.54, 1.807) is 19.1 Å². The molecule has 1 aromatic rings. The van der Waals surface area contributed by atoms with Gasteiger partial charge in [0, 0.05) is 12.2 Å². The van der Waals surface area contributed by atoms with Crippen molar-refractivity contribution in [2.24, 2.45) is 10.9 Å². The molecule has 8 nitrogen and oxygen atoms in total. The Labute approximate surface area is 111 Å². The number of oxime groups is 1. The summed E-state index contributed by atoms with van der Waals surface area (Å²) in [5.74, 6) is 0.412. The first-order valence-corrected chi connectivity index (χ1v) is 6.92. The highest BCUT2D eigenvalue weighted by molar-refractivity contribution is 7.90. The maximum absolute atomic E-state index is 11.4. The van der Waals surface area contributed by atoms with Crippen molar-refractivity contribution in [3.05, 3.63) is 24.3 Å². The van der Waals surface area contributed by atoms with Crippen LogP contribution in [0.25, 0.3) is 0 Å². The molecule has 0 atom stereocenters. The number of amidine groups is 1. The van der Waals surface area contributed by atoms with Gasteiger partial charge in [0.25, 0.3) is 10.2 Å². The van der Waals surface area contributed by atoms with E-state index in [9.17, 15) is 8.42 Å². The molecule has 0 aromatic heterocycles. The van der Waals surface area contributed by atoms with E-state index >= 15 is 0 Å². The third-order valence-corrected chi connectivity index (χ3v) is 3.13. The Morgan fingerprint density at radius 2 is 2.05 bits per heavy atom. The van der Waals surface area contributed by atoms with E-state index in [0.717, 1.165) is 0 Å². The predicted molar refractivity (Wildman–Crippen MR) is 71.6 cm³/mol. The second-order valence-electron chi connectivity index (χ2n) is 3.51. The molecule has 5 N–H and O–H groups in total. The summed E-state index contributed by atoms with van der Waals surface area (Å²) in [5, 5.41) is 11.1. The number of nitrogens with two attached hydrogens (primary N) is 1. The van der Waals surface area contributed by atoms with Crippen molar-refractivity contribution in [2.75, 3.05) is 17.9 Å². The third kappa shape index (κ3) is 5.44. The summed E-state index contributed by atoms with van der Waals surface area (Å²) in [7, 11) is -3.54. The van der Waals surface area contributed by atoms with Gasteiger partial charge in [0.2, 0.25) is 0 Å². The molecule has 0 bridgehead atoms. The molecule has 0 unspecified atom stereocenters. The zero-order valence-electron chi connectivity index (χ0n) is 10.3. The molecule has 0 heterocycles. The first-order valence-electron chi connectivity index (χ1n) is 5.43. The molecule has 0 spiro atoms. The van der Waals surface area contributed by atoms with Crippen LogP contribution in [-0.4, -0.2) is 32.6 Å². The van der Waals surface area contributed by atoms with Gasteiger partial charge in [-0.2, -0.15) is 13.1 Å². The molecule has 1 rings (SSSR count). The Balaban J connectivity index is 2.62. The van der Waals surface area contributed by atoms with E-state index in [4.69, 9.17) is 15.7 Å². The maximum atomic E-state index is 11.4. The molecule has 0 saturated carbocycles. The number of nitrogens with one attached hydrogen (secondary N) is 2. The molecule has 0 radical (unpaired) electrons. The van der Waals surface area contributed by atoms with Crippen LogP contribution in [0.4, 0.5) is 5.69 Å². The smallest absolute Gasteiger partial charge is 0.299 e. The summed E-state index contributed by atoms with van der Waals surface area (Å²) in [5.41, 5.74) is 5.64. The Morgan fingerprint density at radius 3 is 2.58 bits per heavy atom. The van der Waals surface area contributed by atoms with Gasteiger partial charge in [0.1, 0.15) is 12.4 Å². The first kappa shape index (κ1) is 15.1. The Bertz CT molecular complexity index is 527. The molecule has 0 aliphatic carbocycles. The van der Waals surface area contributed by atoms with Crippen LogP contribution in [0.1, 0.15) is 6.92 Å². The molecular formula is C10H16N4O4S. The molecule has 0 amide bonds. The van der Waals surface area contributed by atoms with E-state index in [2.05, 4.69) is 14.6 Å². The van der Waals surface area contributed by atoms with Gasteiger partial charge in [-0.3, -0.25) is 4.72 Å².